The van der Waals surface area contributed by atoms with Crippen LogP contribution >= 0.6 is 0 Å². The second-order valence-electron chi connectivity index (χ2n) is 6.81. The fourth-order valence-electron chi connectivity index (χ4n) is 3.72. The summed E-state index contributed by atoms with van der Waals surface area (Å²) in [6.45, 7) is 2.49. The molecule has 0 unspecified atom stereocenters. The molecule has 0 bridgehead atoms. The first-order valence-corrected chi connectivity index (χ1v) is 9.02. The third kappa shape index (κ3) is 2.36. The van der Waals surface area contributed by atoms with Gasteiger partial charge in [-0.05, 0) is 24.6 Å². The monoisotopic (exact) mass is 370 g/mol. The lowest BCUT2D eigenvalue weighted by Crippen LogP contribution is -2.21. The second-order valence-corrected chi connectivity index (χ2v) is 6.81. The van der Waals surface area contributed by atoms with Crippen molar-refractivity contribution in [2.45, 2.75) is 13.5 Å². The zero-order valence-electron chi connectivity index (χ0n) is 15.6. The molecule has 5 rings (SSSR count). The maximum Gasteiger partial charge on any atom is 0.285 e. The van der Waals surface area contributed by atoms with Crippen molar-refractivity contribution in [1.29, 1.82) is 0 Å². The first-order valence-electron chi connectivity index (χ1n) is 9.02. The number of aromatic nitrogens is 6. The Morgan fingerprint density at radius 1 is 1.04 bits per heavy atom. The third-order valence-corrected chi connectivity index (χ3v) is 5.03. The number of hydrogen-bond donors (Lipinski definition) is 0. The van der Waals surface area contributed by atoms with E-state index in [2.05, 4.69) is 15.0 Å². The maximum atomic E-state index is 13.6. The topological polar surface area (TPSA) is 70.0 Å². The van der Waals surface area contributed by atoms with Crippen molar-refractivity contribution in [3.05, 3.63) is 82.8 Å². The van der Waals surface area contributed by atoms with Crippen LogP contribution in [0.15, 0.2) is 66.0 Å². The van der Waals surface area contributed by atoms with E-state index in [1.54, 1.807) is 23.1 Å². The minimum atomic E-state index is -0.121. The van der Waals surface area contributed by atoms with E-state index in [9.17, 15) is 4.79 Å². The lowest BCUT2D eigenvalue weighted by atomic mass is 10.1. The average Bonchev–Trinajstić information content (AvgIpc) is 3.29. The SMILES string of the molecule is Cc1nc2n(C)c3ncn(Cc4ccccc4)c3c(=O)n2c1-c1ccncc1. The second kappa shape index (κ2) is 6.16. The van der Waals surface area contributed by atoms with Gasteiger partial charge in [-0.1, -0.05) is 30.3 Å². The molecule has 0 saturated carbocycles. The van der Waals surface area contributed by atoms with Crippen LogP contribution < -0.4 is 5.56 Å². The summed E-state index contributed by atoms with van der Waals surface area (Å²) in [6, 6.07) is 13.8. The summed E-state index contributed by atoms with van der Waals surface area (Å²) in [5, 5.41) is 0. The van der Waals surface area contributed by atoms with Crippen LogP contribution in [0.25, 0.3) is 28.2 Å². The van der Waals surface area contributed by atoms with E-state index in [4.69, 9.17) is 0 Å². The van der Waals surface area contributed by atoms with Gasteiger partial charge in [0.15, 0.2) is 11.2 Å². The van der Waals surface area contributed by atoms with Gasteiger partial charge < -0.3 is 4.57 Å². The fourth-order valence-corrected chi connectivity index (χ4v) is 3.72. The standard InChI is InChI=1S/C21H18N6O/c1-14-17(16-8-10-22-11-9-16)27-20(28)18-19(25(2)21(27)24-14)23-13-26(18)12-15-6-4-3-5-7-15/h3-11,13H,12H2,1-2H3. The van der Waals surface area contributed by atoms with Gasteiger partial charge in [0, 0.05) is 31.5 Å². The highest BCUT2D eigenvalue weighted by Gasteiger charge is 2.20. The van der Waals surface area contributed by atoms with Crippen molar-refractivity contribution in [2.75, 3.05) is 0 Å². The Labute approximate surface area is 160 Å². The van der Waals surface area contributed by atoms with Gasteiger partial charge in [0.1, 0.15) is 0 Å². The molecule has 4 heterocycles. The summed E-state index contributed by atoms with van der Waals surface area (Å²) in [6.07, 6.45) is 5.16. The molecule has 0 radical (unpaired) electrons. The van der Waals surface area contributed by atoms with Gasteiger partial charge in [-0.25, -0.2) is 14.4 Å². The molecular weight excluding hydrogens is 352 g/mol. The van der Waals surface area contributed by atoms with Gasteiger partial charge in [0.2, 0.25) is 5.78 Å². The highest BCUT2D eigenvalue weighted by atomic mass is 16.1. The van der Waals surface area contributed by atoms with Gasteiger partial charge in [0.25, 0.3) is 5.56 Å². The van der Waals surface area contributed by atoms with E-state index in [-0.39, 0.29) is 5.56 Å². The van der Waals surface area contributed by atoms with E-state index in [1.165, 1.54) is 0 Å². The Morgan fingerprint density at radius 2 is 1.79 bits per heavy atom. The van der Waals surface area contributed by atoms with Crippen molar-refractivity contribution in [3.63, 3.8) is 0 Å². The molecule has 138 valence electrons. The predicted octanol–water partition coefficient (Wildman–Crippen LogP) is 2.80. The Hall–Kier alpha value is -3.74. The van der Waals surface area contributed by atoms with Gasteiger partial charge >= 0.3 is 0 Å². The molecule has 0 spiro atoms. The minimum Gasteiger partial charge on any atom is -0.320 e. The minimum absolute atomic E-state index is 0.121. The highest BCUT2D eigenvalue weighted by Crippen LogP contribution is 2.24. The van der Waals surface area contributed by atoms with Crippen LogP contribution in [0.2, 0.25) is 0 Å². The number of benzene rings is 1. The van der Waals surface area contributed by atoms with E-state index in [0.717, 1.165) is 22.5 Å². The van der Waals surface area contributed by atoms with Gasteiger partial charge in [-0.15, -0.1) is 0 Å². The van der Waals surface area contributed by atoms with Gasteiger partial charge in [-0.3, -0.25) is 14.3 Å². The number of pyridine rings is 1. The molecule has 5 aromatic rings. The molecule has 0 aliphatic rings. The number of nitrogens with zero attached hydrogens (tertiary/aromatic N) is 6. The summed E-state index contributed by atoms with van der Waals surface area (Å²) in [4.78, 5) is 26.8. The molecule has 7 nitrogen and oxygen atoms in total. The van der Waals surface area contributed by atoms with Crippen LogP contribution in [0.5, 0.6) is 0 Å². The fraction of sp³-hybridized carbons (Fsp3) is 0.143. The molecule has 0 atom stereocenters. The first-order chi connectivity index (χ1) is 13.6. The van der Waals surface area contributed by atoms with E-state index in [1.807, 2.05) is 65.6 Å². The Kier molecular flexibility index (Phi) is 3.61. The van der Waals surface area contributed by atoms with Crippen LogP contribution in [0.4, 0.5) is 0 Å². The lowest BCUT2D eigenvalue weighted by molar-refractivity contribution is 0.815. The number of imidazole rings is 2. The van der Waals surface area contributed by atoms with E-state index >= 15 is 0 Å². The molecule has 7 heteroatoms. The largest absolute Gasteiger partial charge is 0.320 e. The molecular formula is C21H18N6O. The number of hydrogen-bond acceptors (Lipinski definition) is 4. The number of rotatable bonds is 3. The zero-order valence-corrected chi connectivity index (χ0v) is 15.6. The lowest BCUT2D eigenvalue weighted by Gasteiger charge is -2.08. The molecule has 0 saturated heterocycles. The summed E-state index contributed by atoms with van der Waals surface area (Å²) in [7, 11) is 1.89. The van der Waals surface area contributed by atoms with Crippen molar-refractivity contribution in [3.8, 4) is 11.3 Å². The van der Waals surface area contributed by atoms with Crippen LogP contribution in [0.1, 0.15) is 11.3 Å². The van der Waals surface area contributed by atoms with Crippen LogP contribution in [0, 0.1) is 6.92 Å². The van der Waals surface area contributed by atoms with Crippen molar-refractivity contribution in [1.82, 2.24) is 28.5 Å². The quantitative estimate of drug-likeness (QED) is 0.490. The van der Waals surface area contributed by atoms with Gasteiger partial charge in [0.05, 0.1) is 17.7 Å². The van der Waals surface area contributed by atoms with E-state index in [0.29, 0.717) is 23.5 Å². The maximum absolute atomic E-state index is 13.6. The molecule has 28 heavy (non-hydrogen) atoms. The van der Waals surface area contributed by atoms with Crippen LogP contribution in [-0.2, 0) is 13.6 Å². The molecule has 0 N–H and O–H groups in total. The van der Waals surface area contributed by atoms with Gasteiger partial charge in [-0.2, -0.15) is 0 Å². The smallest absolute Gasteiger partial charge is 0.285 e. The zero-order chi connectivity index (χ0) is 19.3. The molecule has 1 aromatic carbocycles. The van der Waals surface area contributed by atoms with Crippen molar-refractivity contribution >= 4 is 16.9 Å². The molecule has 0 amide bonds. The summed E-state index contributed by atoms with van der Waals surface area (Å²) in [5.74, 6) is 0.576. The van der Waals surface area contributed by atoms with Crippen molar-refractivity contribution in [2.24, 2.45) is 7.05 Å². The van der Waals surface area contributed by atoms with E-state index < -0.39 is 0 Å². The molecule has 4 aromatic heterocycles. The average molecular weight is 370 g/mol. The first kappa shape index (κ1) is 16.4. The summed E-state index contributed by atoms with van der Waals surface area (Å²) >= 11 is 0. The summed E-state index contributed by atoms with van der Waals surface area (Å²) in [5.41, 5.74) is 4.66. The number of fused-ring (bicyclic) bond motifs is 2. The highest BCUT2D eigenvalue weighted by molar-refractivity contribution is 5.76. The molecule has 0 aliphatic heterocycles. The Morgan fingerprint density at radius 3 is 2.54 bits per heavy atom. The Balaban J connectivity index is 1.83. The van der Waals surface area contributed by atoms with Crippen LogP contribution in [0.3, 0.4) is 0 Å². The molecule has 0 aliphatic carbocycles. The van der Waals surface area contributed by atoms with Crippen molar-refractivity contribution < 1.29 is 0 Å². The number of aryl methyl sites for hydroxylation is 2. The van der Waals surface area contributed by atoms with Crippen LogP contribution in [-0.4, -0.2) is 28.5 Å². The third-order valence-electron chi connectivity index (χ3n) is 5.03. The predicted molar refractivity (Wildman–Crippen MR) is 107 cm³/mol. The molecule has 0 fully saturated rings. The Bertz CT molecular complexity index is 1360. The summed E-state index contributed by atoms with van der Waals surface area (Å²) < 4.78 is 5.45. The normalized spacial score (nSPS) is 11.5.